The third-order valence-electron chi connectivity index (χ3n) is 5.41. The van der Waals surface area contributed by atoms with Crippen LogP contribution in [0, 0.1) is 5.92 Å². The second-order valence-corrected chi connectivity index (χ2v) is 15.4. The molecule has 1 atom stereocenters. The monoisotopic (exact) mass is 430 g/mol. The van der Waals surface area contributed by atoms with Gasteiger partial charge in [-0.3, -0.25) is 0 Å². The molecule has 0 N–H and O–H groups in total. The first kappa shape index (κ1) is 22.3. The van der Waals surface area contributed by atoms with E-state index in [1.807, 2.05) is 0 Å². The molecule has 0 spiro atoms. The molecule has 1 aliphatic carbocycles. The SMILES string of the molecule is CC1=Cc2c(cc(C(C)(C)C)c(OCC(C)C)c2-c2ccccc2)C1S(C)(C)Cl. The summed E-state index contributed by atoms with van der Waals surface area (Å²) in [6.07, 6.45) is 6.75. The number of halogens is 1. The van der Waals surface area contributed by atoms with Crippen molar-refractivity contribution in [2.24, 2.45) is 5.92 Å². The first-order chi connectivity index (χ1) is 13.4. The summed E-state index contributed by atoms with van der Waals surface area (Å²) in [6, 6.07) is 13.1. The van der Waals surface area contributed by atoms with Gasteiger partial charge in [-0.1, -0.05) is 87.3 Å². The van der Waals surface area contributed by atoms with Gasteiger partial charge in [0, 0.05) is 16.4 Å². The van der Waals surface area contributed by atoms with Crippen LogP contribution in [0.5, 0.6) is 5.75 Å². The van der Waals surface area contributed by atoms with Crippen molar-refractivity contribution in [1.82, 2.24) is 0 Å². The van der Waals surface area contributed by atoms with E-state index in [-0.39, 0.29) is 10.7 Å². The van der Waals surface area contributed by atoms with Crippen molar-refractivity contribution < 1.29 is 4.74 Å². The largest absolute Gasteiger partial charge is 0.492 e. The molecular weight excluding hydrogens is 396 g/mol. The molecule has 0 heterocycles. The zero-order valence-electron chi connectivity index (χ0n) is 19.1. The fourth-order valence-electron chi connectivity index (χ4n) is 4.21. The fraction of sp³-hybridized carbons (Fsp3) is 0.462. The highest BCUT2D eigenvalue weighted by Crippen LogP contribution is 2.66. The number of hydrogen-bond donors (Lipinski definition) is 0. The number of benzene rings is 2. The smallest absolute Gasteiger partial charge is 0.131 e. The van der Waals surface area contributed by atoms with Crippen LogP contribution in [0.2, 0.25) is 0 Å². The molecule has 1 unspecified atom stereocenters. The Balaban J connectivity index is 2.38. The van der Waals surface area contributed by atoms with Crippen molar-refractivity contribution in [3.05, 3.63) is 58.7 Å². The minimum absolute atomic E-state index is 0.0301. The van der Waals surface area contributed by atoms with Gasteiger partial charge in [-0.2, -0.15) is 9.24 Å². The van der Waals surface area contributed by atoms with Gasteiger partial charge in [0.2, 0.25) is 0 Å². The molecule has 2 aromatic rings. The Morgan fingerprint density at radius 1 is 1.10 bits per heavy atom. The summed E-state index contributed by atoms with van der Waals surface area (Å²) in [7, 11) is 5.68. The van der Waals surface area contributed by atoms with Gasteiger partial charge in [0.15, 0.2) is 0 Å². The molecule has 0 saturated heterocycles. The third-order valence-corrected chi connectivity index (χ3v) is 7.69. The minimum atomic E-state index is -1.30. The zero-order valence-corrected chi connectivity index (χ0v) is 20.7. The topological polar surface area (TPSA) is 9.23 Å². The van der Waals surface area contributed by atoms with Gasteiger partial charge in [0.05, 0.1) is 6.61 Å². The second kappa shape index (κ2) is 8.04. The van der Waals surface area contributed by atoms with E-state index in [0.717, 1.165) is 5.75 Å². The third kappa shape index (κ3) is 4.54. The van der Waals surface area contributed by atoms with E-state index in [2.05, 4.69) is 96.5 Å². The number of hydrogen-bond acceptors (Lipinski definition) is 1. The minimum Gasteiger partial charge on any atom is -0.492 e. The molecule has 0 radical (unpaired) electrons. The van der Waals surface area contributed by atoms with Crippen LogP contribution in [0.25, 0.3) is 17.2 Å². The lowest BCUT2D eigenvalue weighted by molar-refractivity contribution is 0.266. The molecular formula is C26H35ClOS. The van der Waals surface area contributed by atoms with Crippen molar-refractivity contribution in [1.29, 1.82) is 0 Å². The number of rotatable bonds is 5. The van der Waals surface area contributed by atoms with E-state index >= 15 is 0 Å². The highest BCUT2D eigenvalue weighted by Gasteiger charge is 2.36. The van der Waals surface area contributed by atoms with Gasteiger partial charge < -0.3 is 4.74 Å². The summed E-state index contributed by atoms with van der Waals surface area (Å²) in [6.45, 7) is 14.2. The first-order valence-corrected chi connectivity index (χ1v) is 13.7. The summed E-state index contributed by atoms with van der Waals surface area (Å²) in [5, 5.41) is 0.280. The van der Waals surface area contributed by atoms with Crippen LogP contribution in [0.15, 0.2) is 42.0 Å². The molecule has 0 saturated carbocycles. The molecule has 1 aliphatic rings. The second-order valence-electron chi connectivity index (χ2n) is 10.00. The molecule has 3 heteroatoms. The van der Waals surface area contributed by atoms with Crippen LogP contribution in [0.4, 0.5) is 0 Å². The van der Waals surface area contributed by atoms with Gasteiger partial charge in [-0.05, 0) is 53.5 Å². The Morgan fingerprint density at radius 3 is 2.24 bits per heavy atom. The van der Waals surface area contributed by atoms with Gasteiger partial charge >= 0.3 is 0 Å². The van der Waals surface area contributed by atoms with E-state index < -0.39 is 9.24 Å². The van der Waals surface area contributed by atoms with E-state index in [0.29, 0.717) is 12.5 Å². The number of ether oxygens (including phenoxy) is 1. The van der Waals surface area contributed by atoms with Gasteiger partial charge in [0.1, 0.15) is 5.75 Å². The molecule has 1 nitrogen and oxygen atoms in total. The van der Waals surface area contributed by atoms with Crippen molar-refractivity contribution in [2.75, 3.05) is 19.1 Å². The van der Waals surface area contributed by atoms with E-state index in [1.54, 1.807) is 0 Å². The summed E-state index contributed by atoms with van der Waals surface area (Å²) in [4.78, 5) is 0. The highest BCUT2D eigenvalue weighted by atomic mass is 35.7. The lowest BCUT2D eigenvalue weighted by atomic mass is 9.81. The normalized spacial score (nSPS) is 17.3. The zero-order chi connectivity index (χ0) is 21.6. The average Bonchev–Trinajstić information content (AvgIpc) is 2.94. The standard InChI is InChI=1S/C26H35ClOS/c1-17(2)16-28-24-22(26(4,5)6)15-21-20(14-18(3)25(21)29(7,8)27)23(24)19-12-10-9-11-13-19/h9-15,17,25H,16H2,1-8H3. The molecule has 0 fully saturated rings. The number of fused-ring (bicyclic) bond motifs is 1. The molecule has 2 aromatic carbocycles. The van der Waals surface area contributed by atoms with Crippen LogP contribution in [-0.2, 0) is 5.41 Å². The van der Waals surface area contributed by atoms with Crippen LogP contribution >= 0.6 is 19.9 Å². The maximum absolute atomic E-state index is 6.98. The lowest BCUT2D eigenvalue weighted by Gasteiger charge is -2.34. The maximum Gasteiger partial charge on any atom is 0.131 e. The van der Waals surface area contributed by atoms with Gasteiger partial charge in [-0.15, -0.1) is 0 Å². The van der Waals surface area contributed by atoms with E-state index in [9.17, 15) is 0 Å². The maximum atomic E-state index is 6.98. The van der Waals surface area contributed by atoms with E-state index in [1.165, 1.54) is 33.4 Å². The van der Waals surface area contributed by atoms with Gasteiger partial charge in [0.25, 0.3) is 0 Å². The fourth-order valence-corrected chi connectivity index (χ4v) is 6.67. The first-order valence-electron chi connectivity index (χ1n) is 10.4. The molecule has 158 valence electrons. The van der Waals surface area contributed by atoms with Crippen molar-refractivity contribution in [2.45, 2.75) is 52.2 Å². The predicted octanol–water partition coefficient (Wildman–Crippen LogP) is 8.36. The average molecular weight is 431 g/mol. The van der Waals surface area contributed by atoms with Crippen LogP contribution < -0.4 is 4.74 Å². The molecule has 0 aliphatic heterocycles. The Morgan fingerprint density at radius 2 is 1.72 bits per heavy atom. The summed E-state index contributed by atoms with van der Waals surface area (Å²) >= 11 is 0. The summed E-state index contributed by atoms with van der Waals surface area (Å²) < 4.78 is 6.54. The molecule has 29 heavy (non-hydrogen) atoms. The lowest BCUT2D eigenvalue weighted by Crippen LogP contribution is -2.18. The van der Waals surface area contributed by atoms with Crippen LogP contribution in [-0.4, -0.2) is 19.1 Å². The Hall–Kier alpha value is -1.38. The van der Waals surface area contributed by atoms with E-state index in [4.69, 9.17) is 15.4 Å². The molecule has 0 amide bonds. The highest BCUT2D eigenvalue weighted by molar-refractivity contribution is 8.50. The quantitative estimate of drug-likeness (QED) is 0.462. The van der Waals surface area contributed by atoms with Crippen LogP contribution in [0.1, 0.15) is 63.5 Å². The van der Waals surface area contributed by atoms with Crippen LogP contribution in [0.3, 0.4) is 0 Å². The summed E-state index contributed by atoms with van der Waals surface area (Å²) in [5.74, 6) is 1.50. The molecule has 3 rings (SSSR count). The van der Waals surface area contributed by atoms with Crippen molar-refractivity contribution >= 4 is 26.0 Å². The molecule has 0 bridgehead atoms. The van der Waals surface area contributed by atoms with Gasteiger partial charge in [-0.25, -0.2) is 0 Å². The van der Waals surface area contributed by atoms with Crippen molar-refractivity contribution in [3.8, 4) is 16.9 Å². The summed E-state index contributed by atoms with van der Waals surface area (Å²) in [5.41, 5.74) is 7.66. The molecule has 0 aromatic heterocycles. The van der Waals surface area contributed by atoms with Crippen molar-refractivity contribution in [3.63, 3.8) is 0 Å². The Labute approximate surface area is 183 Å². The Bertz CT molecular complexity index is 914. The Kier molecular flexibility index (Phi) is 6.18. The predicted molar refractivity (Wildman–Crippen MR) is 133 cm³/mol.